The van der Waals surface area contributed by atoms with Crippen molar-refractivity contribution in [3.05, 3.63) is 76.8 Å². The molecular formula is C32H41ClN6O3. The molecule has 1 fully saturated rings. The van der Waals surface area contributed by atoms with Gasteiger partial charge >= 0.3 is 6.03 Å². The van der Waals surface area contributed by atoms with E-state index in [4.69, 9.17) is 16.3 Å². The highest BCUT2D eigenvalue weighted by molar-refractivity contribution is 6.31. The highest BCUT2D eigenvalue weighted by Gasteiger charge is 2.24. The number of aryl methyl sites for hydroxylation is 1. The van der Waals surface area contributed by atoms with Crippen LogP contribution in [0, 0.1) is 6.92 Å². The van der Waals surface area contributed by atoms with Crippen LogP contribution in [-0.4, -0.2) is 76.3 Å². The van der Waals surface area contributed by atoms with E-state index >= 15 is 0 Å². The van der Waals surface area contributed by atoms with Crippen LogP contribution in [0.1, 0.15) is 29.8 Å². The van der Waals surface area contributed by atoms with Gasteiger partial charge in [-0.05, 0) is 68.0 Å². The second-order valence-corrected chi connectivity index (χ2v) is 10.6. The van der Waals surface area contributed by atoms with E-state index in [1.807, 2.05) is 43.3 Å². The number of hydrogen-bond acceptors (Lipinski definition) is 6. The fraction of sp³-hybridized carbons (Fsp3) is 0.375. The van der Waals surface area contributed by atoms with Crippen LogP contribution in [0.4, 0.5) is 27.5 Å². The van der Waals surface area contributed by atoms with Crippen molar-refractivity contribution in [3.63, 3.8) is 0 Å². The Hall–Kier alpha value is -3.95. The van der Waals surface area contributed by atoms with Crippen LogP contribution in [0.5, 0.6) is 5.75 Å². The van der Waals surface area contributed by atoms with Crippen LogP contribution in [-0.2, 0) is 0 Å². The Morgan fingerprint density at radius 1 is 0.881 bits per heavy atom. The number of para-hydroxylation sites is 2. The van der Waals surface area contributed by atoms with Crippen molar-refractivity contribution in [1.82, 2.24) is 10.2 Å². The molecule has 3 amide bonds. The molecule has 10 heteroatoms. The largest absolute Gasteiger partial charge is 0.495 e. The number of carbonyl (C=O) groups excluding carboxylic acids is 2. The fourth-order valence-electron chi connectivity index (χ4n) is 5.08. The van der Waals surface area contributed by atoms with E-state index in [0.717, 1.165) is 68.5 Å². The lowest BCUT2D eigenvalue weighted by molar-refractivity contribution is 0.0949. The highest BCUT2D eigenvalue weighted by atomic mass is 35.5. The zero-order valence-corrected chi connectivity index (χ0v) is 25.6. The number of rotatable bonds is 11. The van der Waals surface area contributed by atoms with Crippen LogP contribution in [0.3, 0.4) is 0 Å². The number of piperazine rings is 1. The Bertz CT molecular complexity index is 1370. The zero-order valence-electron chi connectivity index (χ0n) is 24.9. The van der Waals surface area contributed by atoms with Gasteiger partial charge in [0.25, 0.3) is 5.91 Å². The second-order valence-electron chi connectivity index (χ2n) is 10.2. The summed E-state index contributed by atoms with van der Waals surface area (Å²) in [4.78, 5) is 33.1. The van der Waals surface area contributed by atoms with E-state index in [9.17, 15) is 9.59 Å². The monoisotopic (exact) mass is 592 g/mol. The molecule has 0 bridgehead atoms. The molecular weight excluding hydrogens is 552 g/mol. The molecule has 1 aliphatic rings. The summed E-state index contributed by atoms with van der Waals surface area (Å²) in [6.07, 6.45) is 0. The summed E-state index contributed by atoms with van der Waals surface area (Å²) < 4.78 is 5.57. The number of hydrogen-bond donors (Lipinski definition) is 3. The number of nitrogens with zero attached hydrogens (tertiary/aromatic N) is 3. The summed E-state index contributed by atoms with van der Waals surface area (Å²) in [5.74, 6) is 0.680. The topological polar surface area (TPSA) is 89.2 Å². The molecule has 0 spiro atoms. The molecule has 224 valence electrons. The first-order valence-electron chi connectivity index (χ1n) is 14.4. The summed E-state index contributed by atoms with van der Waals surface area (Å²) in [5.41, 5.74) is 4.47. The average molecular weight is 593 g/mol. The van der Waals surface area contributed by atoms with Gasteiger partial charge < -0.3 is 35.4 Å². The molecule has 3 aromatic rings. The average Bonchev–Trinajstić information content (AvgIpc) is 3.01. The minimum Gasteiger partial charge on any atom is -0.495 e. The van der Waals surface area contributed by atoms with E-state index in [0.29, 0.717) is 28.5 Å². The number of methoxy groups -OCH3 is 1. The minimum absolute atomic E-state index is 0.168. The van der Waals surface area contributed by atoms with Crippen molar-refractivity contribution >= 4 is 46.3 Å². The van der Waals surface area contributed by atoms with Crippen LogP contribution >= 0.6 is 11.6 Å². The SMILES string of the molecule is CCN(CC)CCNC(=O)c1cc(NC(=O)Nc2ccc(C)c(Cl)c2)ccc1N1CCN(c2ccccc2OC)CC1. The number of halogens is 1. The van der Waals surface area contributed by atoms with Crippen molar-refractivity contribution in [2.75, 3.05) is 79.9 Å². The molecule has 3 N–H and O–H groups in total. The van der Waals surface area contributed by atoms with E-state index in [1.54, 1.807) is 25.3 Å². The lowest BCUT2D eigenvalue weighted by atomic mass is 10.1. The van der Waals surface area contributed by atoms with Gasteiger partial charge in [0, 0.05) is 61.4 Å². The van der Waals surface area contributed by atoms with Crippen molar-refractivity contribution in [2.24, 2.45) is 0 Å². The van der Waals surface area contributed by atoms with Gasteiger partial charge in [0.05, 0.1) is 18.4 Å². The normalized spacial score (nSPS) is 13.2. The zero-order chi connectivity index (χ0) is 30.1. The number of urea groups is 1. The maximum absolute atomic E-state index is 13.5. The molecule has 1 saturated heterocycles. The maximum atomic E-state index is 13.5. The molecule has 1 heterocycles. The van der Waals surface area contributed by atoms with Gasteiger partial charge in [0.15, 0.2) is 0 Å². The van der Waals surface area contributed by atoms with E-state index in [-0.39, 0.29) is 5.91 Å². The van der Waals surface area contributed by atoms with E-state index < -0.39 is 6.03 Å². The summed E-state index contributed by atoms with van der Waals surface area (Å²) >= 11 is 6.21. The number of carbonyl (C=O) groups is 2. The van der Waals surface area contributed by atoms with Crippen LogP contribution < -0.4 is 30.5 Å². The van der Waals surface area contributed by atoms with Gasteiger partial charge in [0.1, 0.15) is 5.75 Å². The molecule has 0 saturated carbocycles. The second kappa shape index (κ2) is 14.8. The van der Waals surface area contributed by atoms with Crippen LogP contribution in [0.15, 0.2) is 60.7 Å². The Morgan fingerprint density at radius 2 is 1.50 bits per heavy atom. The number of ether oxygens (including phenoxy) is 1. The molecule has 0 unspecified atom stereocenters. The third kappa shape index (κ3) is 7.86. The third-order valence-electron chi connectivity index (χ3n) is 7.58. The minimum atomic E-state index is -0.416. The molecule has 4 rings (SSSR count). The fourth-order valence-corrected chi connectivity index (χ4v) is 5.26. The highest BCUT2D eigenvalue weighted by Crippen LogP contribution is 2.31. The summed E-state index contributed by atoms with van der Waals surface area (Å²) in [6, 6.07) is 18.4. The van der Waals surface area contributed by atoms with Gasteiger partial charge in [0.2, 0.25) is 0 Å². The molecule has 0 aliphatic carbocycles. The molecule has 0 radical (unpaired) electrons. The Labute approximate surface area is 253 Å². The number of anilines is 4. The first-order chi connectivity index (χ1) is 20.3. The Morgan fingerprint density at radius 3 is 2.14 bits per heavy atom. The van der Waals surface area contributed by atoms with Crippen molar-refractivity contribution in [3.8, 4) is 5.75 Å². The van der Waals surface area contributed by atoms with Crippen molar-refractivity contribution in [1.29, 1.82) is 0 Å². The molecule has 9 nitrogen and oxygen atoms in total. The molecule has 3 aromatic carbocycles. The molecule has 0 aromatic heterocycles. The van der Waals surface area contributed by atoms with Crippen LogP contribution in [0.25, 0.3) is 0 Å². The lowest BCUT2D eigenvalue weighted by Crippen LogP contribution is -2.47. The quantitative estimate of drug-likeness (QED) is 0.265. The summed E-state index contributed by atoms with van der Waals surface area (Å²) in [7, 11) is 1.69. The Kier molecular flexibility index (Phi) is 10.9. The smallest absolute Gasteiger partial charge is 0.323 e. The predicted octanol–water partition coefficient (Wildman–Crippen LogP) is 5.70. The van der Waals surface area contributed by atoms with Crippen molar-refractivity contribution < 1.29 is 14.3 Å². The molecule has 1 aliphatic heterocycles. The number of nitrogens with one attached hydrogen (secondary N) is 3. The Balaban J connectivity index is 1.50. The van der Waals surface area contributed by atoms with Gasteiger partial charge in [-0.25, -0.2) is 4.79 Å². The number of amides is 3. The number of likely N-dealkylation sites (N-methyl/N-ethyl adjacent to an activating group) is 1. The maximum Gasteiger partial charge on any atom is 0.323 e. The van der Waals surface area contributed by atoms with Crippen LogP contribution in [0.2, 0.25) is 5.02 Å². The third-order valence-corrected chi connectivity index (χ3v) is 7.99. The summed E-state index contributed by atoms with van der Waals surface area (Å²) in [5, 5.41) is 9.33. The standard InChI is InChI=1S/C32H41ClN6O3/c1-5-37(6-2)16-15-34-31(40)26-21-24(35-32(41)36-25-12-11-23(3)27(33)22-25)13-14-28(26)38-17-19-39(20-18-38)29-9-7-8-10-30(29)42-4/h7-14,21-22H,5-6,15-20H2,1-4H3,(H,34,40)(H2,35,36,41). The van der Waals surface area contributed by atoms with Gasteiger partial charge in [-0.3, -0.25) is 4.79 Å². The summed E-state index contributed by atoms with van der Waals surface area (Å²) in [6.45, 7) is 12.3. The van der Waals surface area contributed by atoms with Gasteiger partial charge in [-0.1, -0.05) is 43.6 Å². The van der Waals surface area contributed by atoms with E-state index in [2.05, 4.69) is 50.6 Å². The lowest BCUT2D eigenvalue weighted by Gasteiger charge is -2.38. The van der Waals surface area contributed by atoms with Gasteiger partial charge in [-0.2, -0.15) is 0 Å². The molecule has 42 heavy (non-hydrogen) atoms. The van der Waals surface area contributed by atoms with E-state index in [1.165, 1.54) is 0 Å². The van der Waals surface area contributed by atoms with Gasteiger partial charge in [-0.15, -0.1) is 0 Å². The predicted molar refractivity (Wildman–Crippen MR) is 173 cm³/mol. The van der Waals surface area contributed by atoms with Crippen molar-refractivity contribution in [2.45, 2.75) is 20.8 Å². The number of benzene rings is 3. The first-order valence-corrected chi connectivity index (χ1v) is 14.8. The first kappa shape index (κ1) is 31.0. The molecule has 0 atom stereocenters.